The summed E-state index contributed by atoms with van der Waals surface area (Å²) in [5.74, 6) is -2.21. The van der Waals surface area contributed by atoms with Crippen LogP contribution in [0.4, 0.5) is 17.6 Å². The highest BCUT2D eigenvalue weighted by atomic mass is 32.2. The highest BCUT2D eigenvalue weighted by Gasteiger charge is 2.49. The van der Waals surface area contributed by atoms with Gasteiger partial charge in [0, 0.05) is 13.7 Å². The standard InChI is InChI=1S/C15H19F4NO4S/c1-23-10-9-20-7-5-11(6-8-20)12-3-2-4-13(14(12)16)24-25(21,22)15(17,18)19/h2-4,11H,5-10H2,1H3. The Bertz CT molecular complexity index is 685. The summed E-state index contributed by atoms with van der Waals surface area (Å²) in [7, 11) is -4.30. The lowest BCUT2D eigenvalue weighted by atomic mass is 9.89. The van der Waals surface area contributed by atoms with Gasteiger partial charge in [-0.05, 0) is 43.5 Å². The van der Waals surface area contributed by atoms with E-state index in [9.17, 15) is 26.0 Å². The number of benzene rings is 1. The molecule has 1 aliphatic rings. The van der Waals surface area contributed by atoms with Crippen molar-refractivity contribution in [3.8, 4) is 5.75 Å². The van der Waals surface area contributed by atoms with Crippen molar-refractivity contribution < 1.29 is 34.9 Å². The number of ether oxygens (including phenoxy) is 1. The smallest absolute Gasteiger partial charge is 0.383 e. The number of nitrogens with zero attached hydrogens (tertiary/aromatic N) is 1. The number of likely N-dealkylation sites (tertiary alicyclic amines) is 1. The van der Waals surface area contributed by atoms with Gasteiger partial charge in [0.05, 0.1) is 6.61 Å². The highest BCUT2D eigenvalue weighted by molar-refractivity contribution is 7.88. The molecule has 10 heteroatoms. The lowest BCUT2D eigenvalue weighted by molar-refractivity contribution is -0.0501. The minimum Gasteiger partial charge on any atom is -0.383 e. The third-order valence-corrected chi connectivity index (χ3v) is 5.08. The molecule has 2 rings (SSSR count). The Hall–Kier alpha value is -1.39. The maximum Gasteiger partial charge on any atom is 0.534 e. The Morgan fingerprint density at radius 1 is 1.24 bits per heavy atom. The first-order valence-corrected chi connectivity index (χ1v) is 9.07. The van der Waals surface area contributed by atoms with Crippen molar-refractivity contribution in [2.24, 2.45) is 0 Å². The molecule has 1 aliphatic heterocycles. The fourth-order valence-corrected chi connectivity index (χ4v) is 3.22. The van der Waals surface area contributed by atoms with Gasteiger partial charge in [-0.2, -0.15) is 21.6 Å². The zero-order valence-electron chi connectivity index (χ0n) is 13.6. The molecular weight excluding hydrogens is 366 g/mol. The summed E-state index contributed by atoms with van der Waals surface area (Å²) in [6.07, 6.45) is 1.21. The molecule has 25 heavy (non-hydrogen) atoms. The third-order valence-electron chi connectivity index (χ3n) is 4.12. The minimum atomic E-state index is -5.90. The van der Waals surface area contributed by atoms with E-state index < -0.39 is 27.2 Å². The average molecular weight is 385 g/mol. The van der Waals surface area contributed by atoms with Gasteiger partial charge in [-0.15, -0.1) is 0 Å². The highest BCUT2D eigenvalue weighted by Crippen LogP contribution is 2.35. The Morgan fingerprint density at radius 3 is 2.44 bits per heavy atom. The van der Waals surface area contributed by atoms with Gasteiger partial charge < -0.3 is 13.8 Å². The van der Waals surface area contributed by atoms with Crippen LogP contribution in [0.5, 0.6) is 5.75 Å². The summed E-state index contributed by atoms with van der Waals surface area (Å²) in [5, 5.41) is 0. The fraction of sp³-hybridized carbons (Fsp3) is 0.600. The quantitative estimate of drug-likeness (QED) is 0.428. The van der Waals surface area contributed by atoms with Crippen LogP contribution < -0.4 is 4.18 Å². The fourth-order valence-electron chi connectivity index (χ4n) is 2.76. The molecule has 1 fully saturated rings. The van der Waals surface area contributed by atoms with Crippen LogP contribution in [0.2, 0.25) is 0 Å². The van der Waals surface area contributed by atoms with Crippen LogP contribution in [-0.4, -0.2) is 52.2 Å². The van der Waals surface area contributed by atoms with Crippen LogP contribution in [0.25, 0.3) is 0 Å². The summed E-state index contributed by atoms with van der Waals surface area (Å²) < 4.78 is 82.8. The number of halogens is 4. The van der Waals surface area contributed by atoms with Crippen molar-refractivity contribution in [3.05, 3.63) is 29.6 Å². The van der Waals surface area contributed by atoms with Gasteiger partial charge in [0.25, 0.3) is 0 Å². The normalized spacial score (nSPS) is 17.6. The Kier molecular flexibility index (Phi) is 6.28. The van der Waals surface area contributed by atoms with E-state index in [-0.39, 0.29) is 11.5 Å². The number of hydrogen-bond acceptors (Lipinski definition) is 5. The first-order valence-electron chi connectivity index (χ1n) is 7.66. The number of methoxy groups -OCH3 is 1. The predicted octanol–water partition coefficient (Wildman–Crippen LogP) is 2.88. The first-order chi connectivity index (χ1) is 11.7. The Morgan fingerprint density at radius 2 is 1.88 bits per heavy atom. The van der Waals surface area contributed by atoms with E-state index in [4.69, 9.17) is 4.74 Å². The van der Waals surface area contributed by atoms with E-state index in [0.29, 0.717) is 32.5 Å². The summed E-state index contributed by atoms with van der Waals surface area (Å²) in [5.41, 5.74) is -5.44. The maximum absolute atomic E-state index is 14.5. The second kappa shape index (κ2) is 7.88. The first kappa shape index (κ1) is 19.9. The number of alkyl halides is 3. The molecule has 0 bridgehead atoms. The number of rotatable bonds is 6. The maximum atomic E-state index is 14.5. The van der Waals surface area contributed by atoms with Crippen molar-refractivity contribution in [1.29, 1.82) is 0 Å². The van der Waals surface area contributed by atoms with Gasteiger partial charge >= 0.3 is 15.6 Å². The van der Waals surface area contributed by atoms with Crippen molar-refractivity contribution in [2.45, 2.75) is 24.3 Å². The van der Waals surface area contributed by atoms with Crippen molar-refractivity contribution in [2.75, 3.05) is 33.4 Å². The van der Waals surface area contributed by atoms with Crippen LogP contribution in [0.3, 0.4) is 0 Å². The predicted molar refractivity (Wildman–Crippen MR) is 82.3 cm³/mol. The molecule has 5 nitrogen and oxygen atoms in total. The molecule has 1 aromatic carbocycles. The molecule has 1 heterocycles. The molecule has 0 unspecified atom stereocenters. The molecular formula is C15H19F4NO4S. The molecule has 142 valence electrons. The largest absolute Gasteiger partial charge is 0.534 e. The summed E-state index contributed by atoms with van der Waals surface area (Å²) in [6, 6.07) is 3.60. The van der Waals surface area contributed by atoms with Crippen LogP contribution in [0, 0.1) is 5.82 Å². The Balaban J connectivity index is 2.12. The van der Waals surface area contributed by atoms with Gasteiger partial charge in [0.15, 0.2) is 11.6 Å². The van der Waals surface area contributed by atoms with E-state index in [1.54, 1.807) is 7.11 Å². The van der Waals surface area contributed by atoms with Crippen LogP contribution in [0.1, 0.15) is 24.3 Å². The third kappa shape index (κ3) is 4.83. The molecule has 0 radical (unpaired) electrons. The molecule has 0 saturated carbocycles. The zero-order valence-corrected chi connectivity index (χ0v) is 14.4. The van der Waals surface area contributed by atoms with E-state index >= 15 is 0 Å². The second-order valence-electron chi connectivity index (χ2n) is 5.75. The van der Waals surface area contributed by atoms with E-state index in [2.05, 4.69) is 9.08 Å². The lowest BCUT2D eigenvalue weighted by Crippen LogP contribution is -2.35. The average Bonchev–Trinajstić information content (AvgIpc) is 2.54. The van der Waals surface area contributed by atoms with Crippen molar-refractivity contribution in [3.63, 3.8) is 0 Å². The van der Waals surface area contributed by atoms with Crippen LogP contribution in [0.15, 0.2) is 18.2 Å². The molecule has 0 spiro atoms. The van der Waals surface area contributed by atoms with E-state index in [1.807, 2.05) is 0 Å². The van der Waals surface area contributed by atoms with E-state index in [0.717, 1.165) is 12.6 Å². The molecule has 0 N–H and O–H groups in total. The van der Waals surface area contributed by atoms with Gasteiger partial charge in [0.2, 0.25) is 0 Å². The van der Waals surface area contributed by atoms with Gasteiger partial charge in [0.1, 0.15) is 0 Å². The molecule has 0 aliphatic carbocycles. The zero-order chi connectivity index (χ0) is 18.7. The lowest BCUT2D eigenvalue weighted by Gasteiger charge is -2.32. The van der Waals surface area contributed by atoms with Crippen LogP contribution >= 0.6 is 0 Å². The summed E-state index contributed by atoms with van der Waals surface area (Å²) >= 11 is 0. The molecule has 1 aromatic rings. The SMILES string of the molecule is COCCN1CCC(c2cccc(OS(=O)(=O)C(F)(F)F)c2F)CC1. The van der Waals surface area contributed by atoms with Crippen LogP contribution in [-0.2, 0) is 14.9 Å². The Labute approximate surface area is 143 Å². The summed E-state index contributed by atoms with van der Waals surface area (Å²) in [6.45, 7) is 2.72. The molecule has 0 atom stereocenters. The molecule has 0 amide bonds. The minimum absolute atomic E-state index is 0.168. The number of piperidine rings is 1. The van der Waals surface area contributed by atoms with Gasteiger partial charge in [-0.1, -0.05) is 12.1 Å². The van der Waals surface area contributed by atoms with E-state index in [1.165, 1.54) is 12.1 Å². The topological polar surface area (TPSA) is 55.8 Å². The second-order valence-corrected chi connectivity index (χ2v) is 7.29. The molecule has 0 aromatic heterocycles. The monoisotopic (exact) mass is 385 g/mol. The number of hydrogen-bond donors (Lipinski definition) is 0. The van der Waals surface area contributed by atoms with Crippen molar-refractivity contribution in [1.82, 2.24) is 4.90 Å². The molecule has 1 saturated heterocycles. The van der Waals surface area contributed by atoms with Crippen molar-refractivity contribution >= 4 is 10.1 Å². The van der Waals surface area contributed by atoms with Gasteiger partial charge in [-0.25, -0.2) is 4.39 Å². The van der Waals surface area contributed by atoms with Gasteiger partial charge in [-0.3, -0.25) is 0 Å². The summed E-state index contributed by atoms with van der Waals surface area (Å²) in [4.78, 5) is 2.15.